The lowest BCUT2D eigenvalue weighted by atomic mass is 9.90. The molecule has 2 amide bonds. The van der Waals surface area contributed by atoms with Crippen molar-refractivity contribution in [2.24, 2.45) is 0 Å². The third kappa shape index (κ3) is 4.57. The molecule has 6 nitrogen and oxygen atoms in total. The van der Waals surface area contributed by atoms with E-state index in [1.807, 2.05) is 35.2 Å². The molecule has 1 unspecified atom stereocenters. The fourth-order valence-electron chi connectivity index (χ4n) is 3.63. The first-order valence-electron chi connectivity index (χ1n) is 9.24. The Hall–Kier alpha value is -2.60. The van der Waals surface area contributed by atoms with Gasteiger partial charge in [0.2, 0.25) is 11.8 Å². The molecule has 0 aliphatic carbocycles. The zero-order valence-corrected chi connectivity index (χ0v) is 15.9. The third-order valence-corrected chi connectivity index (χ3v) is 5.03. The van der Waals surface area contributed by atoms with Gasteiger partial charge in [-0.15, -0.1) is 0 Å². The van der Waals surface area contributed by atoms with E-state index >= 15 is 0 Å². The second-order valence-electron chi connectivity index (χ2n) is 6.77. The Balaban J connectivity index is 1.80. The van der Waals surface area contributed by atoms with Crippen LogP contribution in [0.25, 0.3) is 0 Å². The number of nitrogens with zero attached hydrogens (tertiary/aromatic N) is 2. The molecule has 3 rings (SSSR count). The Kier molecular flexibility index (Phi) is 6.29. The number of hydrogen-bond donors (Lipinski definition) is 0. The smallest absolute Gasteiger partial charge is 0.225 e. The van der Waals surface area contributed by atoms with Crippen molar-refractivity contribution in [1.82, 2.24) is 9.80 Å². The molecule has 2 aromatic rings. The summed E-state index contributed by atoms with van der Waals surface area (Å²) < 4.78 is 10.6. The van der Waals surface area contributed by atoms with E-state index in [0.29, 0.717) is 26.2 Å². The average Bonchev–Trinajstić information content (AvgIpc) is 3.18. The first kappa shape index (κ1) is 19.2. The number of ether oxygens (including phenoxy) is 1. The van der Waals surface area contributed by atoms with Gasteiger partial charge in [-0.1, -0.05) is 24.3 Å². The number of carbonyl (C=O) groups excluding carboxylic acids is 2. The molecule has 1 atom stereocenters. The molecule has 1 aromatic carbocycles. The molecule has 0 saturated carbocycles. The van der Waals surface area contributed by atoms with Gasteiger partial charge in [-0.3, -0.25) is 9.59 Å². The van der Waals surface area contributed by atoms with E-state index in [2.05, 4.69) is 6.07 Å². The summed E-state index contributed by atoms with van der Waals surface area (Å²) in [5, 5.41) is 0. The van der Waals surface area contributed by atoms with Crippen LogP contribution >= 0.6 is 0 Å². The normalized spacial score (nSPS) is 16.1. The Morgan fingerprint density at radius 3 is 2.78 bits per heavy atom. The van der Waals surface area contributed by atoms with Gasteiger partial charge in [-0.05, 0) is 29.7 Å². The average molecular weight is 370 g/mol. The summed E-state index contributed by atoms with van der Waals surface area (Å²) in [5.74, 6) is 0.708. The highest BCUT2D eigenvalue weighted by Gasteiger charge is 2.32. The van der Waals surface area contributed by atoms with Crippen LogP contribution in [0.15, 0.2) is 47.1 Å². The molecule has 0 fully saturated rings. The number of amides is 2. The third-order valence-electron chi connectivity index (χ3n) is 5.03. The van der Waals surface area contributed by atoms with E-state index in [0.717, 1.165) is 17.7 Å². The second-order valence-corrected chi connectivity index (χ2v) is 6.77. The largest absolute Gasteiger partial charge is 0.467 e. The molecule has 1 aromatic heterocycles. The van der Waals surface area contributed by atoms with Gasteiger partial charge in [0.25, 0.3) is 0 Å². The summed E-state index contributed by atoms with van der Waals surface area (Å²) >= 11 is 0. The van der Waals surface area contributed by atoms with Crippen molar-refractivity contribution >= 4 is 11.8 Å². The van der Waals surface area contributed by atoms with E-state index in [-0.39, 0.29) is 24.3 Å². The van der Waals surface area contributed by atoms with E-state index in [4.69, 9.17) is 9.15 Å². The number of benzene rings is 1. The molecule has 2 heterocycles. The number of carbonyl (C=O) groups is 2. The molecular weight excluding hydrogens is 344 g/mol. The molecule has 0 saturated heterocycles. The maximum absolute atomic E-state index is 13.1. The van der Waals surface area contributed by atoms with E-state index in [1.165, 1.54) is 5.56 Å². The van der Waals surface area contributed by atoms with Crippen LogP contribution < -0.4 is 0 Å². The van der Waals surface area contributed by atoms with Gasteiger partial charge in [-0.25, -0.2) is 0 Å². The van der Waals surface area contributed by atoms with Crippen LogP contribution in [-0.2, 0) is 27.3 Å². The highest BCUT2D eigenvalue weighted by Crippen LogP contribution is 2.33. The molecule has 0 spiro atoms. The van der Waals surface area contributed by atoms with Crippen molar-refractivity contribution in [3.05, 3.63) is 59.5 Å². The minimum Gasteiger partial charge on any atom is -0.467 e. The Bertz CT molecular complexity index is 772. The predicted octanol–water partition coefficient (Wildman–Crippen LogP) is 2.79. The predicted molar refractivity (Wildman–Crippen MR) is 101 cm³/mol. The number of rotatable bonds is 7. The minimum atomic E-state index is -0.235. The molecule has 1 aliphatic heterocycles. The van der Waals surface area contributed by atoms with Crippen molar-refractivity contribution in [3.8, 4) is 0 Å². The lowest BCUT2D eigenvalue weighted by Gasteiger charge is -2.37. The Morgan fingerprint density at radius 2 is 2.07 bits per heavy atom. The van der Waals surface area contributed by atoms with E-state index in [9.17, 15) is 9.59 Å². The van der Waals surface area contributed by atoms with Gasteiger partial charge in [-0.2, -0.15) is 0 Å². The highest BCUT2D eigenvalue weighted by molar-refractivity contribution is 5.79. The summed E-state index contributed by atoms with van der Waals surface area (Å²) in [4.78, 5) is 28.8. The summed E-state index contributed by atoms with van der Waals surface area (Å²) in [6, 6.07) is 11.5. The Labute approximate surface area is 159 Å². The molecular formula is C21H26N2O4. The van der Waals surface area contributed by atoms with Crippen LogP contribution in [0.1, 0.15) is 36.3 Å². The molecule has 27 heavy (non-hydrogen) atoms. The van der Waals surface area contributed by atoms with Gasteiger partial charge in [0.15, 0.2) is 0 Å². The molecule has 0 radical (unpaired) electrons. The van der Waals surface area contributed by atoms with Crippen LogP contribution in [0.4, 0.5) is 0 Å². The topological polar surface area (TPSA) is 63.0 Å². The Morgan fingerprint density at radius 1 is 1.26 bits per heavy atom. The maximum atomic E-state index is 13.1. The summed E-state index contributed by atoms with van der Waals surface area (Å²) in [6.07, 6.45) is 2.67. The molecule has 6 heteroatoms. The highest BCUT2D eigenvalue weighted by atomic mass is 16.5. The van der Waals surface area contributed by atoms with Crippen molar-refractivity contribution < 1.29 is 18.7 Å². The van der Waals surface area contributed by atoms with Gasteiger partial charge >= 0.3 is 0 Å². The fraction of sp³-hybridized carbons (Fsp3) is 0.429. The van der Waals surface area contributed by atoms with E-state index < -0.39 is 0 Å². The summed E-state index contributed by atoms with van der Waals surface area (Å²) in [5.41, 5.74) is 2.28. The molecule has 0 bridgehead atoms. The lowest BCUT2D eigenvalue weighted by Crippen LogP contribution is -2.42. The standard InChI is InChI=1S/C21H26N2O4/c1-16(24)23-10-9-17-6-3-4-8-19(17)20(23)14-21(25)22(11-13-26-2)15-18-7-5-12-27-18/h3-8,12,20H,9-11,13-15H2,1-2H3. The number of hydrogen-bond acceptors (Lipinski definition) is 4. The van der Waals surface area contributed by atoms with Crippen molar-refractivity contribution in [2.45, 2.75) is 32.4 Å². The van der Waals surface area contributed by atoms with Crippen LogP contribution in [0.5, 0.6) is 0 Å². The SMILES string of the molecule is COCCN(Cc1ccco1)C(=O)CC1c2ccccc2CCN1C(C)=O. The number of fused-ring (bicyclic) bond motifs is 1. The molecule has 144 valence electrons. The number of furan rings is 1. The van der Waals surface area contributed by atoms with Gasteiger partial charge in [0.1, 0.15) is 5.76 Å². The monoisotopic (exact) mass is 370 g/mol. The van der Waals surface area contributed by atoms with Crippen molar-refractivity contribution in [1.29, 1.82) is 0 Å². The first-order valence-corrected chi connectivity index (χ1v) is 9.24. The maximum Gasteiger partial charge on any atom is 0.225 e. The van der Waals surface area contributed by atoms with Crippen LogP contribution in [0.2, 0.25) is 0 Å². The van der Waals surface area contributed by atoms with Crippen LogP contribution in [0, 0.1) is 0 Å². The lowest BCUT2D eigenvalue weighted by molar-refractivity contribution is -0.137. The zero-order valence-electron chi connectivity index (χ0n) is 15.9. The summed E-state index contributed by atoms with van der Waals surface area (Å²) in [6.45, 7) is 3.52. The van der Waals surface area contributed by atoms with Gasteiger partial charge < -0.3 is 19.0 Å². The van der Waals surface area contributed by atoms with Gasteiger partial charge in [0, 0.05) is 27.1 Å². The van der Waals surface area contributed by atoms with Crippen LogP contribution in [0.3, 0.4) is 0 Å². The first-order chi connectivity index (χ1) is 13.1. The fourth-order valence-corrected chi connectivity index (χ4v) is 3.63. The minimum absolute atomic E-state index is 0.00298. The van der Waals surface area contributed by atoms with Gasteiger partial charge in [0.05, 0.1) is 31.9 Å². The van der Waals surface area contributed by atoms with Crippen LogP contribution in [-0.4, -0.2) is 48.4 Å². The molecule has 0 N–H and O–H groups in total. The molecule has 1 aliphatic rings. The van der Waals surface area contributed by atoms with Crippen molar-refractivity contribution in [3.63, 3.8) is 0 Å². The second kappa shape index (κ2) is 8.86. The summed E-state index contributed by atoms with van der Waals surface area (Å²) in [7, 11) is 1.62. The zero-order chi connectivity index (χ0) is 19.2. The van der Waals surface area contributed by atoms with Crippen molar-refractivity contribution in [2.75, 3.05) is 26.8 Å². The van der Waals surface area contributed by atoms with E-state index in [1.54, 1.807) is 25.2 Å². The quantitative estimate of drug-likeness (QED) is 0.752. The number of methoxy groups -OCH3 is 1.